The molecule has 7 heteroatoms. The fraction of sp³-hybridized carbons (Fsp3) is 0.600. The van der Waals surface area contributed by atoms with E-state index in [1.165, 1.54) is 0 Å². The van der Waals surface area contributed by atoms with Crippen molar-refractivity contribution in [3.05, 3.63) is 0 Å². The molecule has 0 heterocycles. The van der Waals surface area contributed by atoms with Crippen molar-refractivity contribution < 1.29 is 13.8 Å². The van der Waals surface area contributed by atoms with Crippen LogP contribution in [0.1, 0.15) is 0 Å². The zero-order valence-electron chi connectivity index (χ0n) is 6.41. The van der Waals surface area contributed by atoms with E-state index >= 15 is 0 Å². The molecule has 1 unspecified atom stereocenters. The maximum absolute atomic E-state index is 10.9. The molecule has 5 N–H and O–H groups in total. The highest BCUT2D eigenvalue weighted by molar-refractivity contribution is 7.85. The van der Waals surface area contributed by atoms with Gasteiger partial charge in [-0.1, -0.05) is 0 Å². The number of imide groups is 1. The van der Waals surface area contributed by atoms with Gasteiger partial charge in [-0.25, -0.2) is 4.79 Å². The molecule has 0 radical (unpaired) electrons. The lowest BCUT2D eigenvalue weighted by molar-refractivity contribution is -0.117. The van der Waals surface area contributed by atoms with Crippen molar-refractivity contribution in [1.82, 2.24) is 5.32 Å². The number of nitrogens with one attached hydrogen (secondary N) is 1. The quantitative estimate of drug-likeness (QED) is 0.473. The van der Waals surface area contributed by atoms with Crippen molar-refractivity contribution in [3.63, 3.8) is 0 Å². The first-order valence-corrected chi connectivity index (χ1v) is 4.69. The Kier molecular flexibility index (Phi) is 5.22. The van der Waals surface area contributed by atoms with Crippen molar-refractivity contribution >= 4 is 22.7 Å². The number of rotatable bonds is 4. The fourth-order valence-corrected chi connectivity index (χ4v) is 1.30. The second-order valence-electron chi connectivity index (χ2n) is 1.99. The average Bonchev–Trinajstić information content (AvgIpc) is 1.84. The van der Waals surface area contributed by atoms with Gasteiger partial charge in [-0.3, -0.25) is 14.3 Å². The number of urea groups is 1. The van der Waals surface area contributed by atoms with Crippen LogP contribution < -0.4 is 16.8 Å². The van der Waals surface area contributed by atoms with Gasteiger partial charge in [0, 0.05) is 23.1 Å². The van der Waals surface area contributed by atoms with Crippen LogP contribution in [-0.2, 0) is 15.6 Å². The lowest BCUT2D eigenvalue weighted by Crippen LogP contribution is -2.38. The molecule has 0 aliphatic rings. The topological polar surface area (TPSA) is 115 Å². The largest absolute Gasteiger partial charge is 0.351 e. The Labute approximate surface area is 72.1 Å². The summed E-state index contributed by atoms with van der Waals surface area (Å²) in [6.45, 7) is 0.246. The normalized spacial score (nSPS) is 12.1. The summed E-state index contributed by atoms with van der Waals surface area (Å²) < 4.78 is 10.9. The van der Waals surface area contributed by atoms with Gasteiger partial charge in [0.2, 0.25) is 5.91 Å². The third-order valence-corrected chi connectivity index (χ3v) is 2.18. The molecule has 0 aliphatic carbocycles. The number of hydrogen-bond acceptors (Lipinski definition) is 4. The number of hydrogen-bond donors (Lipinski definition) is 3. The van der Waals surface area contributed by atoms with Crippen LogP contribution in [0.15, 0.2) is 0 Å². The van der Waals surface area contributed by atoms with Crippen LogP contribution in [0.25, 0.3) is 0 Å². The summed E-state index contributed by atoms with van der Waals surface area (Å²) in [5.74, 6) is -0.638. The number of nitrogens with two attached hydrogens (primary N) is 2. The fourth-order valence-electron chi connectivity index (χ4n) is 0.523. The molecule has 70 valence electrons. The minimum atomic E-state index is -1.31. The lowest BCUT2D eigenvalue weighted by atomic mass is 10.7. The van der Waals surface area contributed by atoms with E-state index in [1.54, 1.807) is 5.32 Å². The molecule has 0 aromatic carbocycles. The van der Waals surface area contributed by atoms with Crippen molar-refractivity contribution in [3.8, 4) is 0 Å². The molecule has 12 heavy (non-hydrogen) atoms. The minimum absolute atomic E-state index is 0.236. The molecule has 0 aromatic rings. The molecular weight excluding hydrogens is 182 g/mol. The number of primary amides is 1. The van der Waals surface area contributed by atoms with Crippen LogP contribution in [0.5, 0.6) is 0 Å². The Morgan fingerprint density at radius 2 is 2.00 bits per heavy atom. The first-order valence-electron chi connectivity index (χ1n) is 3.20. The van der Waals surface area contributed by atoms with E-state index < -0.39 is 22.7 Å². The Morgan fingerprint density at radius 3 is 2.42 bits per heavy atom. The van der Waals surface area contributed by atoms with Gasteiger partial charge in [-0.15, -0.1) is 0 Å². The van der Waals surface area contributed by atoms with Gasteiger partial charge in [0.1, 0.15) is 5.75 Å². The molecule has 0 rings (SSSR count). The molecule has 0 fully saturated rings. The van der Waals surface area contributed by atoms with Crippen molar-refractivity contribution in [2.24, 2.45) is 11.5 Å². The van der Waals surface area contributed by atoms with Gasteiger partial charge >= 0.3 is 6.03 Å². The Morgan fingerprint density at radius 1 is 1.42 bits per heavy atom. The van der Waals surface area contributed by atoms with Crippen molar-refractivity contribution in [2.45, 2.75) is 0 Å². The van der Waals surface area contributed by atoms with E-state index in [-0.39, 0.29) is 18.1 Å². The maximum Gasteiger partial charge on any atom is 0.318 e. The van der Waals surface area contributed by atoms with E-state index in [4.69, 9.17) is 5.73 Å². The molecule has 0 saturated heterocycles. The summed E-state index contributed by atoms with van der Waals surface area (Å²) >= 11 is 0. The summed E-state index contributed by atoms with van der Waals surface area (Å²) in [5.41, 5.74) is 9.74. The molecule has 0 aromatic heterocycles. The SMILES string of the molecule is NCCS(=O)CC(=O)NC(N)=O. The van der Waals surface area contributed by atoms with Crippen LogP contribution >= 0.6 is 0 Å². The number of carbonyl (C=O) groups excluding carboxylic acids is 2. The predicted octanol–water partition coefficient (Wildman–Crippen LogP) is -2.11. The molecule has 0 saturated carbocycles. The number of amides is 3. The highest BCUT2D eigenvalue weighted by atomic mass is 32.2. The first kappa shape index (κ1) is 11.1. The second-order valence-corrected chi connectivity index (χ2v) is 3.57. The highest BCUT2D eigenvalue weighted by Gasteiger charge is 2.08. The monoisotopic (exact) mass is 193 g/mol. The molecule has 6 nitrogen and oxygen atoms in total. The van der Waals surface area contributed by atoms with E-state index in [9.17, 15) is 13.8 Å². The van der Waals surface area contributed by atoms with Crippen LogP contribution in [0, 0.1) is 0 Å². The molecule has 3 amide bonds. The van der Waals surface area contributed by atoms with Gasteiger partial charge in [-0.2, -0.15) is 0 Å². The van der Waals surface area contributed by atoms with E-state index in [2.05, 4.69) is 5.73 Å². The van der Waals surface area contributed by atoms with Crippen molar-refractivity contribution in [1.29, 1.82) is 0 Å². The third-order valence-electron chi connectivity index (χ3n) is 0.900. The highest BCUT2D eigenvalue weighted by Crippen LogP contribution is 1.80. The maximum atomic E-state index is 10.9. The average molecular weight is 193 g/mol. The van der Waals surface area contributed by atoms with Gasteiger partial charge in [0.15, 0.2) is 0 Å². The zero-order valence-corrected chi connectivity index (χ0v) is 7.23. The van der Waals surface area contributed by atoms with Gasteiger partial charge in [0.05, 0.1) is 0 Å². The Balaban J connectivity index is 3.69. The van der Waals surface area contributed by atoms with Gasteiger partial charge < -0.3 is 11.5 Å². The van der Waals surface area contributed by atoms with Gasteiger partial charge in [0.25, 0.3) is 0 Å². The predicted molar refractivity (Wildman–Crippen MR) is 44.7 cm³/mol. The first-order chi connectivity index (χ1) is 5.56. The lowest BCUT2D eigenvalue weighted by Gasteiger charge is -1.99. The second kappa shape index (κ2) is 5.67. The summed E-state index contributed by atoms with van der Waals surface area (Å²) in [4.78, 5) is 20.8. The molecule has 0 aliphatic heterocycles. The minimum Gasteiger partial charge on any atom is -0.351 e. The van der Waals surface area contributed by atoms with Crippen molar-refractivity contribution in [2.75, 3.05) is 18.1 Å². The molecule has 0 spiro atoms. The third kappa shape index (κ3) is 5.81. The summed E-state index contributed by atoms with van der Waals surface area (Å²) in [5, 5.41) is 1.80. The zero-order chi connectivity index (χ0) is 9.56. The summed E-state index contributed by atoms with van der Waals surface area (Å²) in [6.07, 6.45) is 0. The Hall–Kier alpha value is -0.950. The van der Waals surface area contributed by atoms with E-state index in [0.29, 0.717) is 0 Å². The molecular formula is C5H11N3O3S. The van der Waals surface area contributed by atoms with Crippen LogP contribution in [-0.4, -0.2) is 34.2 Å². The van der Waals surface area contributed by atoms with Crippen LogP contribution in [0.3, 0.4) is 0 Å². The number of carbonyl (C=O) groups is 2. The van der Waals surface area contributed by atoms with Crippen LogP contribution in [0.2, 0.25) is 0 Å². The smallest absolute Gasteiger partial charge is 0.318 e. The van der Waals surface area contributed by atoms with Crippen LogP contribution in [0.4, 0.5) is 4.79 Å². The molecule has 1 atom stereocenters. The van der Waals surface area contributed by atoms with E-state index in [1.807, 2.05) is 0 Å². The van der Waals surface area contributed by atoms with E-state index in [0.717, 1.165) is 0 Å². The summed E-state index contributed by atoms with van der Waals surface area (Å²) in [7, 11) is -1.31. The standard InChI is InChI=1S/C5H11N3O3S/c6-1-2-12(11)3-4(9)8-5(7)10/h1-3,6H2,(H3,7,8,9,10). The Bertz CT molecular complexity index is 206. The van der Waals surface area contributed by atoms with Gasteiger partial charge in [-0.05, 0) is 0 Å². The summed E-state index contributed by atoms with van der Waals surface area (Å²) in [6, 6.07) is -0.940. The molecule has 0 bridgehead atoms.